The van der Waals surface area contributed by atoms with Crippen LogP contribution in [0, 0.1) is 5.92 Å². The zero-order valence-electron chi connectivity index (χ0n) is 4.74. The molecule has 2 N–H and O–H groups in total. The Morgan fingerprint density at radius 2 is 2.12 bits per heavy atom. The molecule has 3 atom stereocenters. The zero-order valence-corrected chi connectivity index (χ0v) is 4.74. The van der Waals surface area contributed by atoms with Crippen molar-refractivity contribution in [1.82, 2.24) is 0 Å². The molecule has 0 spiro atoms. The molecule has 0 aromatic heterocycles. The van der Waals surface area contributed by atoms with E-state index in [-0.39, 0.29) is 12.5 Å². The molecule has 0 bridgehead atoms. The summed E-state index contributed by atoms with van der Waals surface area (Å²) in [7, 11) is 0. The average molecular weight is 118 g/mol. The molecule has 1 fully saturated rings. The Morgan fingerprint density at radius 3 is 2.25 bits per heavy atom. The summed E-state index contributed by atoms with van der Waals surface area (Å²) < 4.78 is 4.68. The fourth-order valence-corrected chi connectivity index (χ4v) is 0.691. The molecule has 3 nitrogen and oxygen atoms in total. The maximum atomic E-state index is 8.88. The lowest BCUT2D eigenvalue weighted by atomic mass is 10.1. The third-order valence-electron chi connectivity index (χ3n) is 1.49. The summed E-state index contributed by atoms with van der Waals surface area (Å²) in [6.45, 7) is 2.02. The second-order valence-corrected chi connectivity index (χ2v) is 2.15. The van der Waals surface area contributed by atoms with Gasteiger partial charge in [-0.2, -0.15) is 0 Å². The summed E-state index contributed by atoms with van der Waals surface area (Å²) in [6.07, 6.45) is -1.24. The van der Waals surface area contributed by atoms with Gasteiger partial charge in [0.15, 0.2) is 6.29 Å². The van der Waals surface area contributed by atoms with E-state index in [0.29, 0.717) is 0 Å². The summed E-state index contributed by atoms with van der Waals surface area (Å²) in [5.41, 5.74) is 0. The molecule has 1 aliphatic rings. The molecular formula is C5H10O3. The number of hydrogen-bond acceptors (Lipinski definition) is 3. The molecule has 0 amide bonds. The van der Waals surface area contributed by atoms with Crippen molar-refractivity contribution in [2.24, 2.45) is 5.92 Å². The summed E-state index contributed by atoms with van der Waals surface area (Å²) in [5.74, 6) is -0.130. The summed E-state index contributed by atoms with van der Waals surface area (Å²) >= 11 is 0. The second-order valence-electron chi connectivity index (χ2n) is 2.15. The van der Waals surface area contributed by atoms with Crippen molar-refractivity contribution in [1.29, 1.82) is 0 Å². The van der Waals surface area contributed by atoms with E-state index in [1.165, 1.54) is 0 Å². The monoisotopic (exact) mass is 118 g/mol. The van der Waals surface area contributed by atoms with Gasteiger partial charge < -0.3 is 14.9 Å². The van der Waals surface area contributed by atoms with Crippen molar-refractivity contribution in [3.05, 3.63) is 0 Å². The minimum Gasteiger partial charge on any atom is -0.390 e. The van der Waals surface area contributed by atoms with Gasteiger partial charge in [-0.3, -0.25) is 0 Å². The van der Waals surface area contributed by atoms with Crippen LogP contribution in [0.1, 0.15) is 6.92 Å². The first-order valence-corrected chi connectivity index (χ1v) is 2.69. The van der Waals surface area contributed by atoms with Crippen molar-refractivity contribution in [3.63, 3.8) is 0 Å². The lowest BCUT2D eigenvalue weighted by Gasteiger charge is -2.07. The third kappa shape index (κ3) is 0.844. The van der Waals surface area contributed by atoms with Gasteiger partial charge in [0.05, 0.1) is 12.7 Å². The highest BCUT2D eigenvalue weighted by Crippen LogP contribution is 2.17. The predicted molar refractivity (Wildman–Crippen MR) is 27.1 cm³/mol. The molecule has 0 radical (unpaired) electrons. The van der Waals surface area contributed by atoms with Crippen molar-refractivity contribution < 1.29 is 14.9 Å². The van der Waals surface area contributed by atoms with Gasteiger partial charge in [0.1, 0.15) is 0 Å². The van der Waals surface area contributed by atoms with E-state index in [1.54, 1.807) is 6.92 Å². The highest BCUT2D eigenvalue weighted by atomic mass is 16.6. The van der Waals surface area contributed by atoms with Crippen molar-refractivity contribution in [2.75, 3.05) is 6.61 Å². The Morgan fingerprint density at radius 1 is 1.50 bits per heavy atom. The molecule has 1 heterocycles. The Hall–Kier alpha value is -0.120. The molecule has 48 valence electrons. The fourth-order valence-electron chi connectivity index (χ4n) is 0.691. The smallest absolute Gasteiger partial charge is 0.159 e. The van der Waals surface area contributed by atoms with E-state index in [9.17, 15) is 0 Å². The van der Waals surface area contributed by atoms with Crippen molar-refractivity contribution in [2.45, 2.75) is 19.3 Å². The Kier molecular flexibility index (Phi) is 1.51. The normalized spacial score (nSPS) is 47.6. The van der Waals surface area contributed by atoms with E-state index < -0.39 is 12.4 Å². The first-order valence-electron chi connectivity index (χ1n) is 2.69. The standard InChI is InChI=1S/C5H10O3/c1-3-4(6)2-8-5(3)7/h3-7H,2H2,1H3/t3-,4-,5?/m1/s1. The van der Waals surface area contributed by atoms with Crippen LogP contribution in [0.15, 0.2) is 0 Å². The third-order valence-corrected chi connectivity index (χ3v) is 1.49. The number of rotatable bonds is 0. The van der Waals surface area contributed by atoms with Crippen LogP contribution in [0.3, 0.4) is 0 Å². The average Bonchev–Trinajstić information content (AvgIpc) is 1.98. The molecule has 0 saturated carbocycles. The molecule has 1 unspecified atom stereocenters. The molecule has 0 aromatic rings. The molecular weight excluding hydrogens is 108 g/mol. The van der Waals surface area contributed by atoms with Gasteiger partial charge in [0.25, 0.3) is 0 Å². The molecule has 0 aliphatic carbocycles. The van der Waals surface area contributed by atoms with E-state index in [4.69, 9.17) is 10.2 Å². The van der Waals surface area contributed by atoms with Crippen LogP contribution in [-0.4, -0.2) is 29.2 Å². The zero-order chi connectivity index (χ0) is 6.15. The summed E-state index contributed by atoms with van der Waals surface area (Å²) in [5, 5.41) is 17.7. The van der Waals surface area contributed by atoms with Gasteiger partial charge in [0.2, 0.25) is 0 Å². The number of hydrogen-bond donors (Lipinski definition) is 2. The van der Waals surface area contributed by atoms with Crippen LogP contribution in [-0.2, 0) is 4.74 Å². The van der Waals surface area contributed by atoms with Crippen LogP contribution < -0.4 is 0 Å². The number of aliphatic hydroxyl groups excluding tert-OH is 2. The first-order chi connectivity index (χ1) is 3.72. The fraction of sp³-hybridized carbons (Fsp3) is 1.00. The molecule has 3 heteroatoms. The van der Waals surface area contributed by atoms with E-state index in [0.717, 1.165) is 0 Å². The highest BCUT2D eigenvalue weighted by Gasteiger charge is 2.30. The van der Waals surface area contributed by atoms with Gasteiger partial charge in [-0.25, -0.2) is 0 Å². The van der Waals surface area contributed by atoms with Crippen molar-refractivity contribution >= 4 is 0 Å². The molecule has 1 rings (SSSR count). The van der Waals surface area contributed by atoms with E-state index >= 15 is 0 Å². The van der Waals surface area contributed by atoms with Crippen LogP contribution in [0.2, 0.25) is 0 Å². The molecule has 1 aliphatic heterocycles. The lowest BCUT2D eigenvalue weighted by molar-refractivity contribution is -0.0788. The minimum absolute atomic E-state index is 0.130. The van der Waals surface area contributed by atoms with Gasteiger partial charge in [0, 0.05) is 5.92 Å². The van der Waals surface area contributed by atoms with E-state index in [2.05, 4.69) is 4.74 Å². The van der Waals surface area contributed by atoms with Crippen LogP contribution in [0.5, 0.6) is 0 Å². The van der Waals surface area contributed by atoms with Gasteiger partial charge in [-0.05, 0) is 0 Å². The molecule has 1 saturated heterocycles. The van der Waals surface area contributed by atoms with E-state index in [1.807, 2.05) is 0 Å². The number of ether oxygens (including phenoxy) is 1. The predicted octanol–water partition coefficient (Wildman–Crippen LogP) is -0.668. The van der Waals surface area contributed by atoms with Gasteiger partial charge >= 0.3 is 0 Å². The van der Waals surface area contributed by atoms with Gasteiger partial charge in [-0.15, -0.1) is 0 Å². The molecule has 0 aromatic carbocycles. The second kappa shape index (κ2) is 2.01. The minimum atomic E-state index is -0.759. The van der Waals surface area contributed by atoms with Crippen LogP contribution in [0.4, 0.5) is 0 Å². The maximum Gasteiger partial charge on any atom is 0.159 e. The topological polar surface area (TPSA) is 49.7 Å². The Labute approximate surface area is 47.9 Å². The van der Waals surface area contributed by atoms with Gasteiger partial charge in [-0.1, -0.05) is 6.92 Å². The summed E-state index contributed by atoms with van der Waals surface area (Å²) in [4.78, 5) is 0. The lowest BCUT2D eigenvalue weighted by Crippen LogP contribution is -2.19. The first kappa shape index (κ1) is 6.01. The molecule has 8 heavy (non-hydrogen) atoms. The Balaban J connectivity index is 2.44. The Bertz CT molecular complexity index is 73.7. The van der Waals surface area contributed by atoms with Crippen molar-refractivity contribution in [3.8, 4) is 0 Å². The SMILES string of the molecule is C[C@H]1C(O)OC[C@H]1O. The number of aliphatic hydroxyl groups is 2. The highest BCUT2D eigenvalue weighted by molar-refractivity contribution is 4.72. The summed E-state index contributed by atoms with van der Waals surface area (Å²) in [6, 6.07) is 0. The van der Waals surface area contributed by atoms with Crippen LogP contribution >= 0.6 is 0 Å². The quantitative estimate of drug-likeness (QED) is 0.443. The maximum absolute atomic E-state index is 8.88. The van der Waals surface area contributed by atoms with Crippen LogP contribution in [0.25, 0.3) is 0 Å². The largest absolute Gasteiger partial charge is 0.390 e.